The van der Waals surface area contributed by atoms with Crippen LogP contribution in [0.1, 0.15) is 39.6 Å². The number of carbonyl (C=O) groups is 1. The van der Waals surface area contributed by atoms with Gasteiger partial charge in [-0.3, -0.25) is 4.79 Å². The molecule has 2 aromatic rings. The van der Waals surface area contributed by atoms with Crippen molar-refractivity contribution in [2.45, 2.75) is 31.7 Å². The maximum atomic E-state index is 12.9. The van der Waals surface area contributed by atoms with Crippen LogP contribution in [0.5, 0.6) is 0 Å². The standard InChI is InChI=1S/C17H17F3N2O2/c1-10-14(5-6-21-10)16(24)22-9-13(23)8-15(22)11-3-2-4-12(7-11)17(18,19)20/h2-7,13,15,21,23H,8-9H2,1H3/t13-,15+/m1/s1. The van der Waals surface area contributed by atoms with E-state index in [9.17, 15) is 23.1 Å². The monoisotopic (exact) mass is 338 g/mol. The summed E-state index contributed by atoms with van der Waals surface area (Å²) in [6, 6.07) is 5.98. The summed E-state index contributed by atoms with van der Waals surface area (Å²) < 4.78 is 38.8. The Kier molecular flexibility index (Phi) is 4.13. The van der Waals surface area contributed by atoms with E-state index in [0.29, 0.717) is 16.8 Å². The van der Waals surface area contributed by atoms with Gasteiger partial charge in [0, 0.05) is 18.4 Å². The molecule has 0 spiro atoms. The zero-order valence-corrected chi connectivity index (χ0v) is 13.0. The second kappa shape index (κ2) is 5.98. The second-order valence-corrected chi connectivity index (χ2v) is 6.00. The van der Waals surface area contributed by atoms with E-state index in [1.54, 1.807) is 25.3 Å². The van der Waals surface area contributed by atoms with Crippen molar-refractivity contribution in [3.05, 3.63) is 58.9 Å². The number of halogens is 3. The highest BCUT2D eigenvalue weighted by Crippen LogP contribution is 2.37. The van der Waals surface area contributed by atoms with Crippen LogP contribution in [0.4, 0.5) is 13.2 Å². The molecule has 1 aromatic heterocycles. The van der Waals surface area contributed by atoms with Crippen LogP contribution >= 0.6 is 0 Å². The Morgan fingerprint density at radius 2 is 2.08 bits per heavy atom. The number of aromatic nitrogens is 1. The Morgan fingerprint density at radius 3 is 2.71 bits per heavy atom. The lowest BCUT2D eigenvalue weighted by atomic mass is 10.0. The van der Waals surface area contributed by atoms with Crippen molar-refractivity contribution >= 4 is 5.91 Å². The average molecular weight is 338 g/mol. The van der Waals surface area contributed by atoms with Gasteiger partial charge in [0.25, 0.3) is 5.91 Å². The molecule has 1 aromatic carbocycles. The molecule has 1 fully saturated rings. The number of H-pyrrole nitrogens is 1. The molecule has 2 atom stereocenters. The number of nitrogens with zero attached hydrogens (tertiary/aromatic N) is 1. The van der Waals surface area contributed by atoms with Gasteiger partial charge >= 0.3 is 6.18 Å². The predicted molar refractivity (Wildman–Crippen MR) is 81.4 cm³/mol. The number of rotatable bonds is 2. The molecule has 0 unspecified atom stereocenters. The van der Waals surface area contributed by atoms with Gasteiger partial charge in [0.1, 0.15) is 0 Å². The minimum absolute atomic E-state index is 0.102. The number of alkyl halides is 3. The maximum Gasteiger partial charge on any atom is 0.416 e. The minimum Gasteiger partial charge on any atom is -0.391 e. The van der Waals surface area contributed by atoms with Crippen molar-refractivity contribution in [3.8, 4) is 0 Å². The largest absolute Gasteiger partial charge is 0.416 e. The number of hydrogen-bond donors (Lipinski definition) is 2. The van der Waals surface area contributed by atoms with Crippen LogP contribution in [0.2, 0.25) is 0 Å². The first kappa shape index (κ1) is 16.6. The summed E-state index contributed by atoms with van der Waals surface area (Å²) >= 11 is 0. The van der Waals surface area contributed by atoms with Gasteiger partial charge < -0.3 is 15.0 Å². The third-order valence-electron chi connectivity index (χ3n) is 4.32. The van der Waals surface area contributed by atoms with Gasteiger partial charge in [0.05, 0.1) is 23.3 Å². The van der Waals surface area contributed by atoms with Crippen molar-refractivity contribution in [3.63, 3.8) is 0 Å². The topological polar surface area (TPSA) is 56.3 Å². The Morgan fingerprint density at radius 1 is 1.33 bits per heavy atom. The fourth-order valence-electron chi connectivity index (χ4n) is 3.12. The summed E-state index contributed by atoms with van der Waals surface area (Å²) in [7, 11) is 0. The quantitative estimate of drug-likeness (QED) is 0.883. The molecule has 2 heterocycles. The number of hydrogen-bond acceptors (Lipinski definition) is 2. The molecule has 0 saturated carbocycles. The van der Waals surface area contributed by atoms with Gasteiger partial charge in [-0.15, -0.1) is 0 Å². The highest BCUT2D eigenvalue weighted by molar-refractivity contribution is 5.95. The fourth-order valence-corrected chi connectivity index (χ4v) is 3.12. The lowest BCUT2D eigenvalue weighted by Gasteiger charge is -2.25. The number of amides is 1. The third kappa shape index (κ3) is 3.03. The summed E-state index contributed by atoms with van der Waals surface area (Å²) in [6.45, 7) is 1.85. The number of carbonyl (C=O) groups excluding carboxylic acids is 1. The van der Waals surface area contributed by atoms with Crippen molar-refractivity contribution in [1.29, 1.82) is 0 Å². The zero-order chi connectivity index (χ0) is 17.5. The molecule has 0 bridgehead atoms. The fraction of sp³-hybridized carbons (Fsp3) is 0.353. The lowest BCUT2D eigenvalue weighted by Crippen LogP contribution is -2.32. The molecule has 1 amide bonds. The van der Waals surface area contributed by atoms with E-state index in [0.717, 1.165) is 12.1 Å². The van der Waals surface area contributed by atoms with E-state index >= 15 is 0 Å². The highest BCUT2D eigenvalue weighted by Gasteiger charge is 2.38. The summed E-state index contributed by atoms with van der Waals surface area (Å²) in [6.07, 6.45) is -3.35. The van der Waals surface area contributed by atoms with Gasteiger partial charge in [0.2, 0.25) is 0 Å². The number of aryl methyl sites for hydroxylation is 1. The number of aromatic amines is 1. The van der Waals surface area contributed by atoms with E-state index in [1.165, 1.54) is 11.0 Å². The van der Waals surface area contributed by atoms with Crippen LogP contribution in [-0.2, 0) is 6.18 Å². The molecule has 0 aliphatic carbocycles. The summed E-state index contributed by atoms with van der Waals surface area (Å²) in [4.78, 5) is 17.1. The molecule has 1 saturated heterocycles. The minimum atomic E-state index is -4.45. The number of likely N-dealkylation sites (tertiary alicyclic amines) is 1. The lowest BCUT2D eigenvalue weighted by molar-refractivity contribution is -0.137. The van der Waals surface area contributed by atoms with Crippen molar-refractivity contribution in [2.75, 3.05) is 6.54 Å². The van der Waals surface area contributed by atoms with Crippen LogP contribution in [0.3, 0.4) is 0 Å². The molecule has 4 nitrogen and oxygen atoms in total. The van der Waals surface area contributed by atoms with E-state index in [1.807, 2.05) is 0 Å². The number of benzene rings is 1. The number of aliphatic hydroxyl groups is 1. The van der Waals surface area contributed by atoms with Crippen LogP contribution in [0, 0.1) is 6.92 Å². The number of aliphatic hydroxyl groups excluding tert-OH is 1. The Balaban J connectivity index is 1.94. The smallest absolute Gasteiger partial charge is 0.391 e. The van der Waals surface area contributed by atoms with Gasteiger partial charge in [-0.05, 0) is 37.1 Å². The molecule has 7 heteroatoms. The zero-order valence-electron chi connectivity index (χ0n) is 13.0. The molecule has 24 heavy (non-hydrogen) atoms. The summed E-state index contributed by atoms with van der Waals surface area (Å²) in [5.41, 5.74) is 0.764. The Bertz CT molecular complexity index is 754. The van der Waals surface area contributed by atoms with Gasteiger partial charge in [-0.1, -0.05) is 12.1 Å². The first-order chi connectivity index (χ1) is 11.3. The van der Waals surface area contributed by atoms with Crippen molar-refractivity contribution < 1.29 is 23.1 Å². The SMILES string of the molecule is Cc1[nH]ccc1C(=O)N1C[C@H](O)C[C@H]1c1cccc(C(F)(F)F)c1. The molecule has 3 rings (SSSR count). The van der Waals surface area contributed by atoms with Crippen LogP contribution < -0.4 is 0 Å². The van der Waals surface area contributed by atoms with Crippen molar-refractivity contribution in [1.82, 2.24) is 9.88 Å². The average Bonchev–Trinajstić information content (AvgIpc) is 3.12. The molecule has 128 valence electrons. The van der Waals surface area contributed by atoms with Gasteiger partial charge in [-0.2, -0.15) is 13.2 Å². The van der Waals surface area contributed by atoms with Crippen LogP contribution in [-0.4, -0.2) is 33.5 Å². The maximum absolute atomic E-state index is 12.9. The number of nitrogens with one attached hydrogen (secondary N) is 1. The van der Waals surface area contributed by atoms with E-state index in [2.05, 4.69) is 4.98 Å². The first-order valence-electron chi connectivity index (χ1n) is 7.57. The first-order valence-corrected chi connectivity index (χ1v) is 7.57. The van der Waals surface area contributed by atoms with E-state index < -0.39 is 23.9 Å². The number of β-amino-alcohol motifs (C(OH)–C–C–N with tert-alkyl or cyclic N) is 1. The van der Waals surface area contributed by atoms with Crippen LogP contribution in [0.15, 0.2) is 36.5 Å². The highest BCUT2D eigenvalue weighted by atomic mass is 19.4. The van der Waals surface area contributed by atoms with Gasteiger partial charge in [0.15, 0.2) is 0 Å². The molecular weight excluding hydrogens is 321 g/mol. The molecular formula is C17H17F3N2O2. The molecule has 1 aliphatic rings. The van der Waals surface area contributed by atoms with E-state index in [-0.39, 0.29) is 18.9 Å². The molecule has 0 radical (unpaired) electrons. The molecule has 1 aliphatic heterocycles. The summed E-state index contributed by atoms with van der Waals surface area (Å²) in [5, 5.41) is 9.95. The predicted octanol–water partition coefficient (Wildman–Crippen LogP) is 3.29. The van der Waals surface area contributed by atoms with Crippen molar-refractivity contribution in [2.24, 2.45) is 0 Å². The van der Waals surface area contributed by atoms with Crippen LogP contribution in [0.25, 0.3) is 0 Å². The normalized spacial score (nSPS) is 21.3. The summed E-state index contributed by atoms with van der Waals surface area (Å²) in [5.74, 6) is -0.298. The Labute approximate surface area is 136 Å². The van der Waals surface area contributed by atoms with Gasteiger partial charge in [-0.25, -0.2) is 0 Å². The molecule has 2 N–H and O–H groups in total. The third-order valence-corrected chi connectivity index (χ3v) is 4.32. The second-order valence-electron chi connectivity index (χ2n) is 6.00. The van der Waals surface area contributed by atoms with E-state index in [4.69, 9.17) is 0 Å². The Hall–Kier alpha value is -2.28.